The lowest BCUT2D eigenvalue weighted by molar-refractivity contribution is -0.129. The highest BCUT2D eigenvalue weighted by Gasteiger charge is 2.37. The van der Waals surface area contributed by atoms with E-state index in [-0.39, 0.29) is 42.0 Å². The number of aliphatic hydroxyl groups is 1. The predicted octanol–water partition coefficient (Wildman–Crippen LogP) is 3.48. The first-order valence-corrected chi connectivity index (χ1v) is 16.2. The molecule has 0 radical (unpaired) electrons. The highest BCUT2D eigenvalue weighted by Crippen LogP contribution is 2.36. The number of nitrogens with one attached hydrogen (secondary N) is 1. The number of thiophene rings is 1. The number of nitriles is 1. The minimum absolute atomic E-state index is 0.200. The van der Waals surface area contributed by atoms with E-state index in [1.54, 1.807) is 20.8 Å². The van der Waals surface area contributed by atoms with Gasteiger partial charge >= 0.3 is 5.69 Å². The summed E-state index contributed by atoms with van der Waals surface area (Å²) >= 11 is 1.13. The Bertz CT molecular complexity index is 1920. The van der Waals surface area contributed by atoms with Gasteiger partial charge in [-0.3, -0.25) is 14.2 Å². The number of fused-ring (bicyclic) bond motifs is 1. The van der Waals surface area contributed by atoms with Crippen LogP contribution >= 0.6 is 11.3 Å². The summed E-state index contributed by atoms with van der Waals surface area (Å²) in [6, 6.07) is 5.51. The van der Waals surface area contributed by atoms with E-state index >= 15 is 0 Å². The standard InChI is InChI=1S/C32H38FN7O6S/c1-18(2)37-30(43)32(4,5)39-27(42)26-19(3)28(40-35-13-14-36-40)47-29(26)38(31(39)44)17-25(46-22-9-7-21(41)8-10-22)23-16-20(33)6-11-24(23)45-15-12-34/h6,11,13-14,16,18,21-22,25,41H,7-10,15,17H2,1-5H3,(H,37,43)/t21?,22?,25-/m0/s1. The molecule has 4 aromatic rings. The minimum Gasteiger partial charge on any atom is -0.478 e. The fraction of sp³-hybridized carbons (Fsp3) is 0.500. The number of hydrogen-bond acceptors (Lipinski definition) is 10. The van der Waals surface area contributed by atoms with Gasteiger partial charge in [0.1, 0.15) is 39.1 Å². The van der Waals surface area contributed by atoms with Crippen LogP contribution in [0.15, 0.2) is 40.2 Å². The molecule has 0 saturated heterocycles. The molecule has 47 heavy (non-hydrogen) atoms. The number of amides is 1. The second-order valence-electron chi connectivity index (χ2n) is 12.4. The molecule has 250 valence electrons. The summed E-state index contributed by atoms with van der Waals surface area (Å²) in [7, 11) is 0. The van der Waals surface area contributed by atoms with Gasteiger partial charge in [0.15, 0.2) is 6.61 Å². The Morgan fingerprint density at radius 2 is 1.89 bits per heavy atom. The molecular weight excluding hydrogens is 629 g/mol. The van der Waals surface area contributed by atoms with Gasteiger partial charge in [0.2, 0.25) is 5.91 Å². The van der Waals surface area contributed by atoms with Crippen molar-refractivity contribution >= 4 is 27.5 Å². The Morgan fingerprint density at radius 1 is 1.21 bits per heavy atom. The number of benzene rings is 1. The van der Waals surface area contributed by atoms with Crippen molar-refractivity contribution in [3.63, 3.8) is 0 Å². The average molecular weight is 668 g/mol. The van der Waals surface area contributed by atoms with Gasteiger partial charge in [-0.15, -0.1) is 4.80 Å². The van der Waals surface area contributed by atoms with Crippen LogP contribution in [0.25, 0.3) is 15.2 Å². The molecule has 1 amide bonds. The third-order valence-corrected chi connectivity index (χ3v) is 9.56. The van der Waals surface area contributed by atoms with E-state index in [1.165, 1.54) is 53.8 Å². The number of aryl methyl sites for hydroxylation is 1. The summed E-state index contributed by atoms with van der Waals surface area (Å²) in [6.45, 7) is 7.78. The zero-order chi connectivity index (χ0) is 34.0. The quantitative estimate of drug-likeness (QED) is 0.244. The molecule has 1 aromatic carbocycles. The molecule has 13 nitrogen and oxygen atoms in total. The van der Waals surface area contributed by atoms with Crippen LogP contribution in [0.1, 0.15) is 70.6 Å². The number of ether oxygens (including phenoxy) is 2. The third kappa shape index (κ3) is 6.85. The molecule has 0 bridgehead atoms. The van der Waals surface area contributed by atoms with E-state index in [9.17, 15) is 29.1 Å². The van der Waals surface area contributed by atoms with Crippen molar-refractivity contribution in [1.29, 1.82) is 5.26 Å². The number of rotatable bonds is 11. The zero-order valence-electron chi connectivity index (χ0n) is 26.9. The minimum atomic E-state index is -1.61. The predicted molar refractivity (Wildman–Crippen MR) is 172 cm³/mol. The van der Waals surface area contributed by atoms with Gasteiger partial charge in [-0.1, -0.05) is 11.3 Å². The summed E-state index contributed by atoms with van der Waals surface area (Å²) in [4.78, 5) is 43.9. The topological polar surface area (TPSA) is 166 Å². The smallest absolute Gasteiger partial charge is 0.333 e. The van der Waals surface area contributed by atoms with Gasteiger partial charge in [0.25, 0.3) is 5.56 Å². The number of aromatic nitrogens is 5. The molecule has 15 heteroatoms. The molecule has 1 saturated carbocycles. The van der Waals surface area contributed by atoms with Crippen molar-refractivity contribution in [3.05, 3.63) is 68.4 Å². The normalized spacial score (nSPS) is 17.5. The van der Waals surface area contributed by atoms with Crippen molar-refractivity contribution in [2.45, 2.75) is 96.7 Å². The molecule has 0 spiro atoms. The summed E-state index contributed by atoms with van der Waals surface area (Å²) in [6.07, 6.45) is 3.28. The van der Waals surface area contributed by atoms with Crippen molar-refractivity contribution in [2.75, 3.05) is 6.61 Å². The summed E-state index contributed by atoms with van der Waals surface area (Å²) in [5.41, 5.74) is -2.25. The molecule has 1 atom stereocenters. The molecule has 0 unspecified atom stereocenters. The Labute approximate surface area is 274 Å². The largest absolute Gasteiger partial charge is 0.478 e. The van der Waals surface area contributed by atoms with E-state index in [2.05, 4.69) is 15.5 Å². The van der Waals surface area contributed by atoms with E-state index in [4.69, 9.17) is 9.47 Å². The summed E-state index contributed by atoms with van der Waals surface area (Å²) in [5, 5.41) is 31.3. The van der Waals surface area contributed by atoms with Gasteiger partial charge in [-0.25, -0.2) is 13.8 Å². The van der Waals surface area contributed by atoms with Crippen LogP contribution < -0.4 is 21.3 Å². The van der Waals surface area contributed by atoms with Gasteiger partial charge in [-0.05, 0) is 78.5 Å². The van der Waals surface area contributed by atoms with Gasteiger partial charge in [-0.2, -0.15) is 15.5 Å². The van der Waals surface area contributed by atoms with E-state index < -0.39 is 40.7 Å². The Morgan fingerprint density at radius 3 is 2.53 bits per heavy atom. The highest BCUT2D eigenvalue weighted by molar-refractivity contribution is 7.21. The Hall–Kier alpha value is -4.39. The fourth-order valence-electron chi connectivity index (χ4n) is 5.85. The van der Waals surface area contributed by atoms with E-state index in [1.807, 2.05) is 6.07 Å². The lowest BCUT2D eigenvalue weighted by atomic mass is 9.94. The molecule has 3 heterocycles. The zero-order valence-corrected chi connectivity index (χ0v) is 27.7. The molecule has 2 N–H and O–H groups in total. The van der Waals surface area contributed by atoms with Crippen LogP contribution in [0, 0.1) is 24.1 Å². The molecular formula is C32H38FN7O6S. The van der Waals surface area contributed by atoms with Crippen LogP contribution in [0.2, 0.25) is 0 Å². The molecule has 5 rings (SSSR count). The maximum Gasteiger partial charge on any atom is 0.333 e. The van der Waals surface area contributed by atoms with Crippen LogP contribution in [-0.4, -0.2) is 60.0 Å². The summed E-state index contributed by atoms with van der Waals surface area (Å²) < 4.78 is 29.4. The first-order chi connectivity index (χ1) is 22.3. The first kappa shape index (κ1) is 34.0. The van der Waals surface area contributed by atoms with Crippen LogP contribution in [0.3, 0.4) is 0 Å². The van der Waals surface area contributed by atoms with Gasteiger partial charge in [0, 0.05) is 17.2 Å². The maximum atomic E-state index is 14.8. The van der Waals surface area contributed by atoms with Gasteiger partial charge in [0.05, 0.1) is 36.5 Å². The summed E-state index contributed by atoms with van der Waals surface area (Å²) in [5.74, 6) is -0.901. The average Bonchev–Trinajstić information content (AvgIpc) is 3.67. The van der Waals surface area contributed by atoms with Gasteiger partial charge < -0.3 is 19.9 Å². The molecule has 3 aromatic heterocycles. The number of halogens is 1. The highest BCUT2D eigenvalue weighted by atomic mass is 32.1. The molecule has 1 fully saturated rings. The number of hydrogen-bond donors (Lipinski definition) is 2. The second-order valence-corrected chi connectivity index (χ2v) is 13.4. The number of nitrogens with zero attached hydrogens (tertiary/aromatic N) is 6. The van der Waals surface area contributed by atoms with Crippen molar-refractivity contribution < 1.29 is 23.8 Å². The first-order valence-electron chi connectivity index (χ1n) is 15.4. The molecule has 1 aliphatic carbocycles. The lowest BCUT2D eigenvalue weighted by Gasteiger charge is -2.32. The Kier molecular flexibility index (Phi) is 9.94. The van der Waals surface area contributed by atoms with Crippen molar-refractivity contribution in [3.8, 4) is 16.8 Å². The lowest BCUT2D eigenvalue weighted by Crippen LogP contribution is -2.56. The molecule has 0 aliphatic heterocycles. The number of carbonyl (C=O) groups excluding carboxylic acids is 1. The SMILES string of the molecule is Cc1c(-n2nccn2)sc2c1c(=O)n(C(C)(C)C(=O)NC(C)C)c(=O)n2C[C@H](OC1CCC(O)CC1)c1cc(F)ccc1OCC#N. The van der Waals surface area contributed by atoms with E-state index in [0.29, 0.717) is 41.1 Å². The maximum absolute atomic E-state index is 14.8. The fourth-order valence-corrected chi connectivity index (χ4v) is 7.07. The number of aliphatic hydroxyl groups excluding tert-OH is 1. The Balaban J connectivity index is 1.75. The van der Waals surface area contributed by atoms with Crippen LogP contribution in [-0.2, 0) is 21.6 Å². The van der Waals surface area contributed by atoms with Crippen LogP contribution in [0.4, 0.5) is 4.39 Å². The number of carbonyl (C=O) groups is 1. The van der Waals surface area contributed by atoms with Crippen LogP contribution in [0.5, 0.6) is 5.75 Å². The van der Waals surface area contributed by atoms with E-state index in [0.717, 1.165) is 15.9 Å². The van der Waals surface area contributed by atoms with Crippen molar-refractivity contribution in [1.82, 2.24) is 29.4 Å². The second kappa shape index (κ2) is 13.8. The molecule has 1 aliphatic rings. The monoisotopic (exact) mass is 667 g/mol. The van der Waals surface area contributed by atoms with Crippen molar-refractivity contribution in [2.24, 2.45) is 0 Å². The third-order valence-electron chi connectivity index (χ3n) is 8.28.